The van der Waals surface area contributed by atoms with Crippen LogP contribution in [0.5, 0.6) is 5.75 Å². The molecule has 2 amide bonds. The van der Waals surface area contributed by atoms with Gasteiger partial charge in [0.15, 0.2) is 0 Å². The number of hydrogen-bond donors (Lipinski definition) is 1. The predicted molar refractivity (Wildman–Crippen MR) is 146 cm³/mol. The zero-order valence-corrected chi connectivity index (χ0v) is 21.9. The standard InChI is InChI=1S/C31H31F2N3O3/c1-20(2)23-11-12-27-24(15-23)16-28(34-27)30(38)35-18-25(13-21-7-4-3-5-8-21)36(29(37)19-35)17-22-9-6-10-26(14-22)39-31(32)33/h3-12,14-16,20,25,31,34H,13,17-19H2,1-2H3/t25-/m0/s1. The number of ether oxygens (including phenoxy) is 1. The number of carbonyl (C=O) groups is 2. The van der Waals surface area contributed by atoms with Crippen LogP contribution in [0.2, 0.25) is 0 Å². The molecular weight excluding hydrogens is 500 g/mol. The summed E-state index contributed by atoms with van der Waals surface area (Å²) in [6.45, 7) is 1.83. The van der Waals surface area contributed by atoms with Crippen molar-refractivity contribution < 1.29 is 23.1 Å². The Balaban J connectivity index is 1.39. The van der Waals surface area contributed by atoms with Gasteiger partial charge in [-0.3, -0.25) is 9.59 Å². The number of alkyl halides is 2. The second-order valence-electron chi connectivity index (χ2n) is 10.3. The number of H-pyrrole nitrogens is 1. The van der Waals surface area contributed by atoms with E-state index in [1.807, 2.05) is 42.5 Å². The molecule has 8 heteroatoms. The summed E-state index contributed by atoms with van der Waals surface area (Å²) in [6, 6.07) is 23.8. The van der Waals surface area contributed by atoms with E-state index in [4.69, 9.17) is 0 Å². The average molecular weight is 532 g/mol. The smallest absolute Gasteiger partial charge is 0.387 e. The van der Waals surface area contributed by atoms with Crippen LogP contribution in [0, 0.1) is 0 Å². The minimum Gasteiger partial charge on any atom is -0.435 e. The third-order valence-electron chi connectivity index (χ3n) is 7.14. The van der Waals surface area contributed by atoms with Crippen molar-refractivity contribution in [2.45, 2.75) is 45.4 Å². The molecule has 1 fully saturated rings. The number of aromatic amines is 1. The molecule has 0 spiro atoms. The van der Waals surface area contributed by atoms with Gasteiger partial charge in [-0.05, 0) is 59.4 Å². The molecule has 1 aliphatic rings. The van der Waals surface area contributed by atoms with Crippen molar-refractivity contribution in [1.29, 1.82) is 0 Å². The van der Waals surface area contributed by atoms with E-state index in [0.717, 1.165) is 16.5 Å². The minimum atomic E-state index is -2.93. The van der Waals surface area contributed by atoms with Gasteiger partial charge in [0, 0.05) is 24.0 Å². The van der Waals surface area contributed by atoms with Crippen LogP contribution in [-0.4, -0.2) is 52.3 Å². The lowest BCUT2D eigenvalue weighted by molar-refractivity contribution is -0.139. The Labute approximate surface area is 226 Å². The molecule has 1 atom stereocenters. The van der Waals surface area contributed by atoms with Crippen LogP contribution in [0.4, 0.5) is 8.78 Å². The molecule has 4 aromatic rings. The van der Waals surface area contributed by atoms with E-state index in [2.05, 4.69) is 35.7 Å². The molecule has 202 valence electrons. The summed E-state index contributed by atoms with van der Waals surface area (Å²) in [7, 11) is 0. The van der Waals surface area contributed by atoms with Crippen LogP contribution < -0.4 is 4.74 Å². The van der Waals surface area contributed by atoms with Gasteiger partial charge in [-0.25, -0.2) is 0 Å². The Bertz CT molecular complexity index is 1470. The largest absolute Gasteiger partial charge is 0.435 e. The van der Waals surface area contributed by atoms with Gasteiger partial charge in [0.2, 0.25) is 5.91 Å². The lowest BCUT2D eigenvalue weighted by Gasteiger charge is -2.41. The number of halogens is 2. The van der Waals surface area contributed by atoms with E-state index in [1.54, 1.807) is 21.9 Å². The van der Waals surface area contributed by atoms with E-state index in [0.29, 0.717) is 30.1 Å². The summed E-state index contributed by atoms with van der Waals surface area (Å²) in [5.74, 6) is -0.0112. The number of nitrogens with one attached hydrogen (secondary N) is 1. The van der Waals surface area contributed by atoms with Gasteiger partial charge in [-0.2, -0.15) is 8.78 Å². The van der Waals surface area contributed by atoms with Crippen molar-refractivity contribution in [3.05, 3.63) is 101 Å². The fourth-order valence-corrected chi connectivity index (χ4v) is 5.12. The van der Waals surface area contributed by atoms with Gasteiger partial charge in [0.1, 0.15) is 18.0 Å². The van der Waals surface area contributed by atoms with E-state index < -0.39 is 6.61 Å². The van der Waals surface area contributed by atoms with E-state index in [-0.39, 0.29) is 36.7 Å². The van der Waals surface area contributed by atoms with Crippen molar-refractivity contribution in [3.8, 4) is 5.75 Å². The number of hydrogen-bond acceptors (Lipinski definition) is 3. The third-order valence-corrected chi connectivity index (χ3v) is 7.14. The van der Waals surface area contributed by atoms with Gasteiger partial charge >= 0.3 is 6.61 Å². The van der Waals surface area contributed by atoms with Crippen LogP contribution in [0.1, 0.15) is 46.9 Å². The van der Waals surface area contributed by atoms with Crippen molar-refractivity contribution in [2.24, 2.45) is 0 Å². The first kappa shape index (κ1) is 26.4. The molecular formula is C31H31F2N3O3. The van der Waals surface area contributed by atoms with Crippen molar-refractivity contribution in [1.82, 2.24) is 14.8 Å². The average Bonchev–Trinajstić information content (AvgIpc) is 3.34. The molecule has 0 radical (unpaired) electrons. The summed E-state index contributed by atoms with van der Waals surface area (Å²) in [4.78, 5) is 33.6. The second kappa shape index (κ2) is 11.3. The molecule has 0 saturated carbocycles. The summed E-state index contributed by atoms with van der Waals surface area (Å²) in [5, 5.41) is 0.959. The lowest BCUT2D eigenvalue weighted by Crippen LogP contribution is -2.58. The van der Waals surface area contributed by atoms with Crippen LogP contribution in [0.3, 0.4) is 0 Å². The number of carbonyl (C=O) groups excluding carboxylic acids is 2. The quantitative estimate of drug-likeness (QED) is 0.304. The van der Waals surface area contributed by atoms with Crippen LogP contribution in [0.25, 0.3) is 10.9 Å². The third kappa shape index (κ3) is 6.11. The second-order valence-corrected chi connectivity index (χ2v) is 10.3. The molecule has 1 aromatic heterocycles. The van der Waals surface area contributed by atoms with Crippen molar-refractivity contribution in [3.63, 3.8) is 0 Å². The van der Waals surface area contributed by atoms with E-state index in [9.17, 15) is 18.4 Å². The summed E-state index contributed by atoms with van der Waals surface area (Å²) in [5.41, 5.74) is 4.23. The highest BCUT2D eigenvalue weighted by atomic mass is 19.3. The molecule has 2 heterocycles. The van der Waals surface area contributed by atoms with Crippen molar-refractivity contribution in [2.75, 3.05) is 13.1 Å². The van der Waals surface area contributed by atoms with Crippen molar-refractivity contribution >= 4 is 22.7 Å². The zero-order chi connectivity index (χ0) is 27.5. The summed E-state index contributed by atoms with van der Waals surface area (Å²) < 4.78 is 30.0. The minimum absolute atomic E-state index is 0.0443. The first-order valence-corrected chi connectivity index (χ1v) is 13.1. The molecule has 3 aromatic carbocycles. The van der Waals surface area contributed by atoms with Gasteiger partial charge < -0.3 is 19.5 Å². The Hall–Kier alpha value is -4.20. The molecule has 5 rings (SSSR count). The normalized spacial score (nSPS) is 15.9. The highest BCUT2D eigenvalue weighted by molar-refractivity contribution is 6.00. The molecule has 1 N–H and O–H groups in total. The number of piperazine rings is 1. The monoisotopic (exact) mass is 531 g/mol. The van der Waals surface area contributed by atoms with Gasteiger partial charge in [-0.1, -0.05) is 62.4 Å². The lowest BCUT2D eigenvalue weighted by atomic mass is 10.0. The number of fused-ring (bicyclic) bond motifs is 1. The maximum Gasteiger partial charge on any atom is 0.387 e. The van der Waals surface area contributed by atoms with E-state index in [1.165, 1.54) is 17.7 Å². The number of benzene rings is 3. The van der Waals surface area contributed by atoms with Gasteiger partial charge in [0.25, 0.3) is 5.91 Å². The maximum absolute atomic E-state index is 13.6. The number of rotatable bonds is 8. The molecule has 39 heavy (non-hydrogen) atoms. The fraction of sp³-hybridized carbons (Fsp3) is 0.290. The number of nitrogens with zero attached hydrogens (tertiary/aromatic N) is 2. The molecule has 6 nitrogen and oxygen atoms in total. The highest BCUT2D eigenvalue weighted by Crippen LogP contribution is 2.25. The number of amides is 2. The SMILES string of the molecule is CC(C)c1ccc2[nH]c(C(=O)N3CC(=O)N(Cc4cccc(OC(F)F)c4)[C@@H](Cc4ccccc4)C3)cc2c1. The number of aromatic nitrogens is 1. The molecule has 0 aliphatic carbocycles. The van der Waals surface area contributed by atoms with Crippen LogP contribution in [0.15, 0.2) is 78.9 Å². The van der Waals surface area contributed by atoms with Crippen LogP contribution in [-0.2, 0) is 17.8 Å². The Kier molecular flexibility index (Phi) is 7.63. The fourth-order valence-electron chi connectivity index (χ4n) is 5.12. The first-order chi connectivity index (χ1) is 18.8. The Morgan fingerprint density at radius 1 is 1.00 bits per heavy atom. The summed E-state index contributed by atoms with van der Waals surface area (Å²) >= 11 is 0. The van der Waals surface area contributed by atoms with Gasteiger partial charge in [0.05, 0.1) is 6.04 Å². The topological polar surface area (TPSA) is 65.6 Å². The maximum atomic E-state index is 13.6. The first-order valence-electron chi connectivity index (χ1n) is 13.1. The molecule has 0 unspecified atom stereocenters. The predicted octanol–water partition coefficient (Wildman–Crippen LogP) is 5.99. The van der Waals surface area contributed by atoms with E-state index >= 15 is 0 Å². The molecule has 0 bridgehead atoms. The Morgan fingerprint density at radius 3 is 2.51 bits per heavy atom. The zero-order valence-electron chi connectivity index (χ0n) is 21.9. The van der Waals surface area contributed by atoms with Crippen LogP contribution >= 0.6 is 0 Å². The molecule has 1 saturated heterocycles. The summed E-state index contributed by atoms with van der Waals surface area (Å²) in [6.07, 6.45) is 0.550. The van der Waals surface area contributed by atoms with Gasteiger partial charge in [-0.15, -0.1) is 0 Å². The highest BCUT2D eigenvalue weighted by Gasteiger charge is 2.35. The molecule has 1 aliphatic heterocycles. The Morgan fingerprint density at radius 2 is 1.77 bits per heavy atom.